The van der Waals surface area contributed by atoms with Crippen LogP contribution in [0.5, 0.6) is 67.6 Å². The van der Waals surface area contributed by atoms with E-state index in [1.807, 2.05) is 72.8 Å². The minimum Gasteiger partial charge on any atom is -0.458 e. The third-order valence-electron chi connectivity index (χ3n) is 14.9. The second kappa shape index (κ2) is 15.2. The van der Waals surface area contributed by atoms with Crippen molar-refractivity contribution in [2.75, 3.05) is 9.80 Å². The van der Waals surface area contributed by atoms with Gasteiger partial charge in [-0.05, 0) is 106 Å². The summed E-state index contributed by atoms with van der Waals surface area (Å²) < 4.78 is 41.7. The first-order chi connectivity index (χ1) is 36.6. The molecule has 346 valence electrons. The van der Waals surface area contributed by atoms with Crippen molar-refractivity contribution in [1.82, 2.24) is 0 Å². The van der Waals surface area contributed by atoms with Crippen molar-refractivity contribution >= 4 is 103 Å². The molecule has 8 heterocycles. The Kier molecular flexibility index (Phi) is 8.33. The second-order valence-electron chi connectivity index (χ2n) is 19.1. The molecule has 6 aliphatic rings. The first-order valence-electron chi connectivity index (χ1n) is 24.6. The minimum atomic E-state index is -0.228. The summed E-state index contributed by atoms with van der Waals surface area (Å²) in [5.41, 5.74) is 13.9. The molecule has 0 bridgehead atoms. The number of nitrogens with zero attached hydrogens (tertiary/aromatic N) is 2. The van der Waals surface area contributed by atoms with Gasteiger partial charge >= 0.3 is 0 Å². The Morgan fingerprint density at radius 2 is 0.608 bits per heavy atom. The molecule has 0 unspecified atom stereocenters. The Hall–Kier alpha value is -9.09. The lowest BCUT2D eigenvalue weighted by atomic mass is 9.33. The highest BCUT2D eigenvalue weighted by Crippen LogP contribution is 2.55. The maximum absolute atomic E-state index is 7.32. The van der Waals surface area contributed by atoms with Gasteiger partial charge in [0, 0.05) is 44.9 Å². The van der Waals surface area contributed by atoms with Gasteiger partial charge in [-0.2, -0.15) is 0 Å². The summed E-state index contributed by atoms with van der Waals surface area (Å²) in [7, 11) is 0. The number of anilines is 6. The monoisotopic (exact) mass is 988 g/mol. The summed E-state index contributed by atoms with van der Waals surface area (Å²) in [5.74, 6) is 7.58. The zero-order valence-corrected chi connectivity index (χ0v) is 40.6. The predicted molar refractivity (Wildman–Crippen MR) is 298 cm³/mol. The van der Waals surface area contributed by atoms with Crippen molar-refractivity contribution in [1.29, 1.82) is 0 Å². The summed E-state index contributed by atoms with van der Waals surface area (Å²) >= 11 is 3.34. The smallest absolute Gasteiger partial charge is 0.262 e. The number of ether oxygens (including phenoxy) is 6. The Balaban J connectivity index is 0.875. The van der Waals surface area contributed by atoms with Crippen molar-refractivity contribution in [3.8, 4) is 88.5 Å². The van der Waals surface area contributed by atoms with E-state index in [4.69, 9.17) is 28.4 Å². The van der Waals surface area contributed by atoms with Crippen molar-refractivity contribution in [2.45, 2.75) is 0 Å². The zero-order valence-electron chi connectivity index (χ0n) is 38.9. The van der Waals surface area contributed by atoms with E-state index in [-0.39, 0.29) is 13.4 Å². The van der Waals surface area contributed by atoms with Crippen molar-refractivity contribution in [2.24, 2.45) is 0 Å². The summed E-state index contributed by atoms with van der Waals surface area (Å²) in [6.45, 7) is -0.455. The molecular weight excluding hydrogens is 954 g/mol. The van der Waals surface area contributed by atoms with Gasteiger partial charge in [0.2, 0.25) is 0 Å². The highest BCUT2D eigenvalue weighted by molar-refractivity contribution is 7.21. The van der Waals surface area contributed by atoms with E-state index in [2.05, 4.69) is 143 Å². The molecule has 0 saturated carbocycles. The standard InChI is InChI=1S/C62H34B2N2O6S2/c1-3-15-35(16-4-1)57-33-41-61(73-57)71-55-29-37(65-43-19-7-11-23-47(43)67-48-24-12-8-20-44(48)65)27-53-59(55)63(41)39-31-52-40(32-51(39)69-53)64-42-34-58(36-17-5-2-6-18-36)74-62(42)72-56-30-38(28-54(70-52)60(56)64)66-45-21-9-13-25-49(45)68-50-26-14-10-22-46(50)66/h1-34H. The zero-order chi connectivity index (χ0) is 48.2. The molecule has 0 N–H and O–H groups in total. The third kappa shape index (κ3) is 5.86. The maximum atomic E-state index is 7.32. The topological polar surface area (TPSA) is 61.9 Å². The lowest BCUT2D eigenvalue weighted by Gasteiger charge is -2.37. The van der Waals surface area contributed by atoms with Gasteiger partial charge in [0.25, 0.3) is 13.4 Å². The minimum absolute atomic E-state index is 0.228. The van der Waals surface area contributed by atoms with Crippen LogP contribution in [-0.2, 0) is 0 Å². The van der Waals surface area contributed by atoms with Crippen LogP contribution < -0.4 is 71.0 Å². The van der Waals surface area contributed by atoms with Crippen LogP contribution in [0.2, 0.25) is 0 Å². The van der Waals surface area contributed by atoms with E-state index in [9.17, 15) is 0 Å². The quantitative estimate of drug-likeness (QED) is 0.162. The van der Waals surface area contributed by atoms with Gasteiger partial charge in [-0.15, -0.1) is 0 Å². The number of rotatable bonds is 4. The molecule has 0 saturated heterocycles. The largest absolute Gasteiger partial charge is 0.458 e. The highest BCUT2D eigenvalue weighted by atomic mass is 32.1. The van der Waals surface area contributed by atoms with E-state index < -0.39 is 0 Å². The number of fused-ring (bicyclic) bond motifs is 12. The number of hydrogen-bond acceptors (Lipinski definition) is 10. The summed E-state index contributed by atoms with van der Waals surface area (Å²) in [4.78, 5) is 6.75. The molecule has 8 nitrogen and oxygen atoms in total. The normalized spacial score (nSPS) is 13.9. The fourth-order valence-corrected chi connectivity index (χ4v) is 13.9. The van der Waals surface area contributed by atoms with Crippen LogP contribution in [0.1, 0.15) is 0 Å². The van der Waals surface area contributed by atoms with E-state index in [0.717, 1.165) is 155 Å². The van der Waals surface area contributed by atoms with Crippen LogP contribution >= 0.6 is 22.7 Å². The van der Waals surface area contributed by atoms with E-state index in [0.29, 0.717) is 0 Å². The predicted octanol–water partition coefficient (Wildman–Crippen LogP) is 13.7. The van der Waals surface area contributed by atoms with Crippen LogP contribution in [0.15, 0.2) is 206 Å². The van der Waals surface area contributed by atoms with Crippen molar-refractivity contribution in [3.05, 3.63) is 206 Å². The molecule has 0 radical (unpaired) electrons. The highest BCUT2D eigenvalue weighted by Gasteiger charge is 2.47. The molecule has 11 aromatic rings. The summed E-state index contributed by atoms with van der Waals surface area (Å²) in [6, 6.07) is 71.4. The second-order valence-corrected chi connectivity index (χ2v) is 21.1. The van der Waals surface area contributed by atoms with Gasteiger partial charge in [0.05, 0.1) is 34.1 Å². The molecule has 0 amide bonds. The fraction of sp³-hybridized carbons (Fsp3) is 0. The Morgan fingerprint density at radius 3 is 0.986 bits per heavy atom. The average Bonchev–Trinajstić information content (AvgIpc) is 4.15. The van der Waals surface area contributed by atoms with Crippen molar-refractivity contribution in [3.63, 3.8) is 0 Å². The number of para-hydroxylation sites is 8. The van der Waals surface area contributed by atoms with Crippen molar-refractivity contribution < 1.29 is 28.4 Å². The molecule has 17 rings (SSSR count). The first kappa shape index (κ1) is 40.5. The van der Waals surface area contributed by atoms with E-state index in [1.54, 1.807) is 22.7 Å². The molecule has 12 heteroatoms. The van der Waals surface area contributed by atoms with Gasteiger partial charge in [0.15, 0.2) is 33.1 Å². The third-order valence-corrected chi connectivity index (χ3v) is 17.1. The summed E-state index contributed by atoms with van der Waals surface area (Å²) in [6.07, 6.45) is 0. The van der Waals surface area contributed by atoms with Gasteiger partial charge in [-0.3, -0.25) is 0 Å². The maximum Gasteiger partial charge on any atom is 0.262 e. The molecule has 9 aromatic carbocycles. The molecule has 2 aromatic heterocycles. The molecule has 0 spiro atoms. The lowest BCUT2D eigenvalue weighted by Crippen LogP contribution is -2.60. The van der Waals surface area contributed by atoms with Crippen LogP contribution in [0.25, 0.3) is 20.9 Å². The number of hydrogen-bond donors (Lipinski definition) is 0. The van der Waals surface area contributed by atoms with Crippen LogP contribution in [-0.4, -0.2) is 13.4 Å². The molecule has 0 atom stereocenters. The molecular formula is C62H34B2N2O6S2. The molecule has 0 fully saturated rings. The van der Waals surface area contributed by atoms with Crippen LogP contribution in [0.4, 0.5) is 34.1 Å². The first-order valence-corrected chi connectivity index (χ1v) is 26.2. The van der Waals surface area contributed by atoms with Gasteiger partial charge < -0.3 is 38.2 Å². The van der Waals surface area contributed by atoms with Gasteiger partial charge in [-0.1, -0.05) is 132 Å². The summed E-state index contributed by atoms with van der Waals surface area (Å²) in [5, 5.41) is 1.70. The Labute approximate surface area is 433 Å². The SMILES string of the molecule is c1ccc(-c2cc3c(s2)Oc2cc(N4c5ccccc5Oc5ccccc54)cc4c2B3c2cc3c(cc2O4)B2c4cc(-c5ccccc5)sc4Oc4cc(N5c6ccccc6Oc6ccccc65)cc(c42)O3)cc1. The Bertz CT molecular complexity index is 3860. The lowest BCUT2D eigenvalue weighted by molar-refractivity contribution is 0.461. The van der Waals surface area contributed by atoms with Gasteiger partial charge in [0.1, 0.15) is 34.5 Å². The van der Waals surface area contributed by atoms with Crippen LogP contribution in [0, 0.1) is 0 Å². The van der Waals surface area contributed by atoms with E-state index in [1.165, 1.54) is 0 Å². The average molecular weight is 989 g/mol. The van der Waals surface area contributed by atoms with Gasteiger partial charge in [-0.25, -0.2) is 0 Å². The fourth-order valence-electron chi connectivity index (χ4n) is 11.7. The van der Waals surface area contributed by atoms with Crippen LogP contribution in [0.3, 0.4) is 0 Å². The number of benzene rings is 9. The molecule has 6 aliphatic heterocycles. The molecule has 0 aliphatic carbocycles. The number of thiophene rings is 2. The Morgan fingerprint density at radius 1 is 0.284 bits per heavy atom. The van der Waals surface area contributed by atoms with E-state index >= 15 is 0 Å². The molecule has 74 heavy (non-hydrogen) atoms.